The summed E-state index contributed by atoms with van der Waals surface area (Å²) in [5, 5.41) is 0. The summed E-state index contributed by atoms with van der Waals surface area (Å²) >= 11 is 3.48. The number of carbonyl (C=O) groups excluding carboxylic acids is 1. The second-order valence-electron chi connectivity index (χ2n) is 3.58. The minimum absolute atomic E-state index is 0.0481. The zero-order valence-electron chi connectivity index (χ0n) is 10.8. The summed E-state index contributed by atoms with van der Waals surface area (Å²) in [6.45, 7) is 9.74. The predicted octanol–water partition coefficient (Wildman–Crippen LogP) is 4.87. The summed E-state index contributed by atoms with van der Waals surface area (Å²) in [7, 11) is 0. The largest absolute Gasteiger partial charge is 0.299 e. The first-order chi connectivity index (χ1) is 7.56. The van der Waals surface area contributed by atoms with Gasteiger partial charge in [-0.05, 0) is 37.5 Å². The van der Waals surface area contributed by atoms with Crippen molar-refractivity contribution in [2.75, 3.05) is 0 Å². The molecule has 1 aromatic rings. The Morgan fingerprint density at radius 3 is 2.31 bits per heavy atom. The number of carbonyl (C=O) groups is 1. The van der Waals surface area contributed by atoms with Crippen LogP contribution in [0.15, 0.2) is 22.7 Å². The number of halogens is 1. The lowest BCUT2D eigenvalue weighted by molar-refractivity contribution is -0.118. The third kappa shape index (κ3) is 4.09. The molecular formula is C14H21BrO. The van der Waals surface area contributed by atoms with Gasteiger partial charge >= 0.3 is 0 Å². The van der Waals surface area contributed by atoms with Gasteiger partial charge in [-0.15, -0.1) is 0 Å². The van der Waals surface area contributed by atoms with E-state index >= 15 is 0 Å². The normalized spacial score (nSPS) is 11.4. The molecule has 0 heterocycles. The van der Waals surface area contributed by atoms with Gasteiger partial charge in [-0.1, -0.05) is 48.8 Å². The van der Waals surface area contributed by atoms with Gasteiger partial charge in [-0.3, -0.25) is 4.79 Å². The van der Waals surface area contributed by atoms with Crippen LogP contribution in [0.3, 0.4) is 0 Å². The fraction of sp³-hybridized carbons (Fsp3) is 0.500. The molecule has 0 saturated carbocycles. The van der Waals surface area contributed by atoms with Gasteiger partial charge in [0.25, 0.3) is 0 Å². The molecule has 0 radical (unpaired) electrons. The molecule has 16 heavy (non-hydrogen) atoms. The van der Waals surface area contributed by atoms with E-state index in [1.807, 2.05) is 45.9 Å². The van der Waals surface area contributed by atoms with Crippen LogP contribution < -0.4 is 0 Å². The number of benzene rings is 1. The molecule has 0 fully saturated rings. The smallest absolute Gasteiger partial charge is 0.137 e. The van der Waals surface area contributed by atoms with Crippen molar-refractivity contribution < 1.29 is 4.79 Å². The van der Waals surface area contributed by atoms with Gasteiger partial charge in [0.05, 0.1) is 0 Å². The van der Waals surface area contributed by atoms with Crippen LogP contribution in [0.1, 0.15) is 51.2 Å². The zero-order chi connectivity index (χ0) is 12.7. The molecule has 1 unspecified atom stereocenters. The fourth-order valence-corrected chi connectivity index (χ4v) is 1.98. The molecule has 0 N–H and O–H groups in total. The minimum Gasteiger partial charge on any atom is -0.299 e. The highest BCUT2D eigenvalue weighted by molar-refractivity contribution is 9.10. The monoisotopic (exact) mass is 284 g/mol. The summed E-state index contributed by atoms with van der Waals surface area (Å²) in [6, 6.07) is 6.13. The lowest BCUT2D eigenvalue weighted by Gasteiger charge is -2.12. The van der Waals surface area contributed by atoms with Crippen LogP contribution in [-0.4, -0.2) is 5.78 Å². The Morgan fingerprint density at radius 1 is 1.38 bits per heavy atom. The molecule has 0 spiro atoms. The highest BCUT2D eigenvalue weighted by atomic mass is 79.9. The van der Waals surface area contributed by atoms with Crippen molar-refractivity contribution >= 4 is 21.7 Å². The van der Waals surface area contributed by atoms with Gasteiger partial charge in [0.1, 0.15) is 5.78 Å². The molecule has 1 nitrogen and oxygen atoms in total. The first-order valence-electron chi connectivity index (χ1n) is 5.82. The number of hydrogen-bond donors (Lipinski definition) is 0. The molecule has 0 amide bonds. The maximum Gasteiger partial charge on any atom is 0.137 e. The van der Waals surface area contributed by atoms with Crippen molar-refractivity contribution in [3.63, 3.8) is 0 Å². The van der Waals surface area contributed by atoms with Crippen LogP contribution in [0.2, 0.25) is 0 Å². The van der Waals surface area contributed by atoms with Crippen molar-refractivity contribution in [2.45, 2.75) is 47.0 Å². The number of rotatable bonds is 3. The van der Waals surface area contributed by atoms with Crippen molar-refractivity contribution in [1.29, 1.82) is 0 Å². The molecule has 1 rings (SSSR count). The Balaban J connectivity index is 0.00000106. The van der Waals surface area contributed by atoms with Crippen LogP contribution in [0, 0.1) is 6.92 Å². The maximum atomic E-state index is 11.4. The van der Waals surface area contributed by atoms with Gasteiger partial charge < -0.3 is 0 Å². The van der Waals surface area contributed by atoms with Crippen molar-refractivity contribution in [1.82, 2.24) is 0 Å². The third-order valence-corrected chi connectivity index (χ3v) is 3.35. The molecule has 1 aromatic carbocycles. The molecule has 1 atom stereocenters. The minimum atomic E-state index is 0.0481. The molecule has 90 valence electrons. The maximum absolute atomic E-state index is 11.4. The summed E-state index contributed by atoms with van der Waals surface area (Å²) in [6.07, 6.45) is 0.866. The molecule has 0 aliphatic carbocycles. The van der Waals surface area contributed by atoms with E-state index in [-0.39, 0.29) is 11.7 Å². The van der Waals surface area contributed by atoms with Crippen LogP contribution >= 0.6 is 15.9 Å². The number of aryl methyl sites for hydroxylation is 1. The Labute approximate surface area is 107 Å². The fourth-order valence-electron chi connectivity index (χ4n) is 1.58. The van der Waals surface area contributed by atoms with E-state index < -0.39 is 0 Å². The highest BCUT2D eigenvalue weighted by Crippen LogP contribution is 2.25. The Bertz CT molecular complexity index is 345. The van der Waals surface area contributed by atoms with Gasteiger partial charge in [-0.2, -0.15) is 0 Å². The highest BCUT2D eigenvalue weighted by Gasteiger charge is 2.14. The quantitative estimate of drug-likeness (QED) is 0.774. The van der Waals surface area contributed by atoms with Gasteiger partial charge in [0, 0.05) is 10.4 Å². The van der Waals surface area contributed by atoms with Crippen LogP contribution in [0.5, 0.6) is 0 Å². The zero-order valence-corrected chi connectivity index (χ0v) is 12.4. The standard InChI is InChI=1S/C12H15BrO.C2H6/c1-4-11(9(3)14)10-6-5-8(2)12(13)7-10;1-2/h5-7,11H,4H2,1-3H3;1-2H3. The molecule has 0 saturated heterocycles. The lowest BCUT2D eigenvalue weighted by Crippen LogP contribution is -2.07. The van der Waals surface area contributed by atoms with Crippen LogP contribution in [0.25, 0.3) is 0 Å². The average molecular weight is 285 g/mol. The first-order valence-corrected chi connectivity index (χ1v) is 6.62. The topological polar surface area (TPSA) is 17.1 Å². The Kier molecular flexibility index (Phi) is 7.31. The molecule has 0 aromatic heterocycles. The second kappa shape index (κ2) is 7.61. The summed E-state index contributed by atoms with van der Waals surface area (Å²) < 4.78 is 1.08. The van der Waals surface area contributed by atoms with E-state index in [4.69, 9.17) is 0 Å². The summed E-state index contributed by atoms with van der Waals surface area (Å²) in [5.41, 5.74) is 2.31. The number of Topliss-reactive ketones (excluding diaryl/α,β-unsaturated/α-hetero) is 1. The summed E-state index contributed by atoms with van der Waals surface area (Å²) in [4.78, 5) is 11.4. The van der Waals surface area contributed by atoms with E-state index in [2.05, 4.69) is 15.9 Å². The molecule has 0 bridgehead atoms. The van der Waals surface area contributed by atoms with E-state index in [1.54, 1.807) is 6.92 Å². The molecular weight excluding hydrogens is 264 g/mol. The van der Waals surface area contributed by atoms with Crippen molar-refractivity contribution in [3.05, 3.63) is 33.8 Å². The second-order valence-corrected chi connectivity index (χ2v) is 4.43. The Morgan fingerprint density at radius 2 is 1.94 bits per heavy atom. The molecule has 2 heteroatoms. The van der Waals surface area contributed by atoms with Gasteiger partial charge in [-0.25, -0.2) is 0 Å². The first kappa shape index (κ1) is 15.4. The SMILES string of the molecule is CC.CCC(C(C)=O)c1ccc(C)c(Br)c1. The van der Waals surface area contributed by atoms with Crippen molar-refractivity contribution in [3.8, 4) is 0 Å². The van der Waals surface area contributed by atoms with Gasteiger partial charge in [0.2, 0.25) is 0 Å². The number of ketones is 1. The van der Waals surface area contributed by atoms with Crippen LogP contribution in [-0.2, 0) is 4.79 Å². The van der Waals surface area contributed by atoms with E-state index in [0.717, 1.165) is 16.5 Å². The average Bonchev–Trinajstić information content (AvgIpc) is 2.26. The molecule has 0 aliphatic heterocycles. The van der Waals surface area contributed by atoms with Gasteiger partial charge in [0.15, 0.2) is 0 Å². The van der Waals surface area contributed by atoms with E-state index in [9.17, 15) is 4.79 Å². The Hall–Kier alpha value is -0.630. The van der Waals surface area contributed by atoms with Crippen LogP contribution in [0.4, 0.5) is 0 Å². The summed E-state index contributed by atoms with van der Waals surface area (Å²) in [5.74, 6) is 0.287. The van der Waals surface area contributed by atoms with E-state index in [0.29, 0.717) is 0 Å². The number of hydrogen-bond acceptors (Lipinski definition) is 1. The third-order valence-electron chi connectivity index (χ3n) is 2.50. The predicted molar refractivity (Wildman–Crippen MR) is 73.9 cm³/mol. The van der Waals surface area contributed by atoms with E-state index in [1.165, 1.54) is 5.56 Å². The lowest BCUT2D eigenvalue weighted by atomic mass is 9.92. The molecule has 0 aliphatic rings. The van der Waals surface area contributed by atoms with Crippen molar-refractivity contribution in [2.24, 2.45) is 0 Å².